The number of esters is 1. The fourth-order valence-corrected chi connectivity index (χ4v) is 1.52. The van der Waals surface area contributed by atoms with Gasteiger partial charge in [0.1, 0.15) is 0 Å². The summed E-state index contributed by atoms with van der Waals surface area (Å²) in [4.78, 5) is 23.8. The molecule has 0 spiro atoms. The lowest BCUT2D eigenvalue weighted by molar-refractivity contribution is 0.0595. The highest BCUT2D eigenvalue weighted by Crippen LogP contribution is 2.25. The maximum atomic E-state index is 12.2. The molecule has 0 unspecified atom stereocenters. The van der Waals surface area contributed by atoms with Crippen molar-refractivity contribution < 1.29 is 14.3 Å². The monoisotopic (exact) mass is 254 g/mol. The summed E-state index contributed by atoms with van der Waals surface area (Å²) in [5.41, 5.74) is -0.0747. The normalized spacial score (nSPS) is 11.1. The van der Waals surface area contributed by atoms with Gasteiger partial charge in [0.05, 0.1) is 12.7 Å². The largest absolute Gasteiger partial charge is 0.465 e. The van der Waals surface area contributed by atoms with Gasteiger partial charge in [0, 0.05) is 16.9 Å². The van der Waals surface area contributed by atoms with Crippen LogP contribution in [0.1, 0.15) is 34.6 Å². The third kappa shape index (κ3) is 2.86. The molecule has 3 nitrogen and oxygen atoms in total. The van der Waals surface area contributed by atoms with E-state index in [-0.39, 0.29) is 17.2 Å². The Morgan fingerprint density at radius 3 is 2.24 bits per heavy atom. The van der Waals surface area contributed by atoms with Crippen LogP contribution < -0.4 is 0 Å². The molecular formula is C13H15ClO3. The van der Waals surface area contributed by atoms with Crippen molar-refractivity contribution >= 4 is 23.4 Å². The summed E-state index contributed by atoms with van der Waals surface area (Å²) in [5.74, 6) is -0.478. The summed E-state index contributed by atoms with van der Waals surface area (Å²) in [6.45, 7) is 3.49. The van der Waals surface area contributed by atoms with Crippen LogP contribution in [0.15, 0.2) is 24.3 Å². The summed E-state index contributed by atoms with van der Waals surface area (Å²) in [5, 5.41) is 0. The molecule has 0 bridgehead atoms. The second kappa shape index (κ2) is 5.32. The van der Waals surface area contributed by atoms with Crippen molar-refractivity contribution in [2.75, 3.05) is 13.0 Å². The highest BCUT2D eigenvalue weighted by molar-refractivity contribution is 6.21. The Balaban J connectivity index is 3.23. The van der Waals surface area contributed by atoms with Gasteiger partial charge >= 0.3 is 5.97 Å². The number of hydrogen-bond donors (Lipinski definition) is 0. The molecule has 0 amide bonds. The van der Waals surface area contributed by atoms with E-state index in [9.17, 15) is 9.59 Å². The van der Waals surface area contributed by atoms with Crippen LogP contribution in [0.25, 0.3) is 0 Å². The van der Waals surface area contributed by atoms with Gasteiger partial charge in [-0.2, -0.15) is 0 Å². The quantitative estimate of drug-likeness (QED) is 0.471. The van der Waals surface area contributed by atoms with Gasteiger partial charge in [-0.3, -0.25) is 4.79 Å². The van der Waals surface area contributed by atoms with Gasteiger partial charge in [-0.15, -0.1) is 11.6 Å². The zero-order valence-corrected chi connectivity index (χ0v) is 10.9. The van der Waals surface area contributed by atoms with Crippen molar-refractivity contribution in [2.45, 2.75) is 13.8 Å². The van der Waals surface area contributed by atoms with Gasteiger partial charge in [-0.05, 0) is 6.07 Å². The number of alkyl halides is 1. The molecule has 1 aromatic rings. The second-order valence-electron chi connectivity index (χ2n) is 4.38. The number of methoxy groups -OCH3 is 1. The Hall–Kier alpha value is -1.35. The summed E-state index contributed by atoms with van der Waals surface area (Å²) < 4.78 is 4.65. The molecule has 0 heterocycles. The number of Topliss-reactive ketones (excluding diaryl/α,β-unsaturated/α-hetero) is 1. The highest BCUT2D eigenvalue weighted by atomic mass is 35.5. The molecular weight excluding hydrogens is 240 g/mol. The van der Waals surface area contributed by atoms with Crippen molar-refractivity contribution in [3.8, 4) is 0 Å². The Bertz CT molecular complexity index is 438. The van der Waals surface area contributed by atoms with E-state index in [2.05, 4.69) is 4.74 Å². The zero-order chi connectivity index (χ0) is 13.1. The topological polar surface area (TPSA) is 43.4 Å². The predicted octanol–water partition coefficient (Wildman–Crippen LogP) is 2.92. The molecule has 0 saturated carbocycles. The van der Waals surface area contributed by atoms with Crippen LogP contribution in [-0.2, 0) is 4.74 Å². The van der Waals surface area contributed by atoms with Crippen molar-refractivity contribution in [1.29, 1.82) is 0 Å². The van der Waals surface area contributed by atoms with Crippen LogP contribution in [0.5, 0.6) is 0 Å². The minimum absolute atomic E-state index is 0.159. The Morgan fingerprint density at radius 1 is 1.24 bits per heavy atom. The fourth-order valence-electron chi connectivity index (χ4n) is 1.39. The fraction of sp³-hybridized carbons (Fsp3) is 0.385. The molecule has 1 aromatic carbocycles. The number of carbonyl (C=O) groups is 2. The van der Waals surface area contributed by atoms with Crippen LogP contribution in [0.2, 0.25) is 0 Å². The minimum atomic E-state index is -0.703. The SMILES string of the molecule is COC(=O)c1ccccc1C(=O)C(C)(C)CCl. The van der Waals surface area contributed by atoms with Crippen LogP contribution in [-0.4, -0.2) is 24.7 Å². The van der Waals surface area contributed by atoms with E-state index >= 15 is 0 Å². The van der Waals surface area contributed by atoms with E-state index in [1.54, 1.807) is 38.1 Å². The first-order chi connectivity index (χ1) is 7.94. The van der Waals surface area contributed by atoms with E-state index in [0.717, 1.165) is 0 Å². The first kappa shape index (κ1) is 13.7. The predicted molar refractivity (Wildman–Crippen MR) is 66.6 cm³/mol. The summed E-state index contributed by atoms with van der Waals surface area (Å²) in [6, 6.07) is 6.59. The molecule has 0 aliphatic rings. The van der Waals surface area contributed by atoms with E-state index in [1.165, 1.54) is 7.11 Å². The number of carbonyl (C=O) groups excluding carboxylic acids is 2. The molecule has 0 atom stereocenters. The first-order valence-electron chi connectivity index (χ1n) is 5.22. The average molecular weight is 255 g/mol. The average Bonchev–Trinajstić information content (AvgIpc) is 2.36. The van der Waals surface area contributed by atoms with Crippen LogP contribution >= 0.6 is 11.6 Å². The number of benzene rings is 1. The molecule has 0 radical (unpaired) electrons. The number of rotatable bonds is 4. The molecule has 0 aliphatic carbocycles. The van der Waals surface area contributed by atoms with Crippen molar-refractivity contribution in [2.24, 2.45) is 5.41 Å². The van der Waals surface area contributed by atoms with Gasteiger partial charge in [0.15, 0.2) is 5.78 Å². The van der Waals surface area contributed by atoms with Crippen molar-refractivity contribution in [3.05, 3.63) is 35.4 Å². The van der Waals surface area contributed by atoms with Gasteiger partial charge in [0.25, 0.3) is 0 Å². The lowest BCUT2D eigenvalue weighted by Gasteiger charge is -2.20. The van der Waals surface area contributed by atoms with E-state index in [1.807, 2.05) is 0 Å². The maximum absolute atomic E-state index is 12.2. The summed E-state index contributed by atoms with van der Waals surface area (Å²) in [7, 11) is 1.29. The van der Waals surface area contributed by atoms with Gasteiger partial charge < -0.3 is 4.74 Å². The molecule has 17 heavy (non-hydrogen) atoms. The minimum Gasteiger partial charge on any atom is -0.465 e. The van der Waals surface area contributed by atoms with Gasteiger partial charge in [-0.1, -0.05) is 32.0 Å². The Kier molecular flexibility index (Phi) is 4.29. The van der Waals surface area contributed by atoms with E-state index in [0.29, 0.717) is 5.56 Å². The molecule has 0 fully saturated rings. The molecule has 92 valence electrons. The molecule has 0 N–H and O–H groups in total. The molecule has 1 rings (SSSR count). The Morgan fingerprint density at radius 2 is 1.76 bits per heavy atom. The molecule has 0 saturated heterocycles. The molecule has 0 aliphatic heterocycles. The standard InChI is InChI=1S/C13H15ClO3/c1-13(2,8-14)11(15)9-6-4-5-7-10(9)12(16)17-3/h4-7H,8H2,1-3H3. The Labute approximate surface area is 106 Å². The van der Waals surface area contributed by atoms with Crippen molar-refractivity contribution in [3.63, 3.8) is 0 Å². The smallest absolute Gasteiger partial charge is 0.338 e. The van der Waals surface area contributed by atoms with Crippen LogP contribution in [0.3, 0.4) is 0 Å². The molecule has 0 aromatic heterocycles. The van der Waals surface area contributed by atoms with Crippen LogP contribution in [0, 0.1) is 5.41 Å². The maximum Gasteiger partial charge on any atom is 0.338 e. The summed E-state index contributed by atoms with van der Waals surface area (Å²) in [6.07, 6.45) is 0. The van der Waals surface area contributed by atoms with Gasteiger partial charge in [-0.25, -0.2) is 4.79 Å². The number of ether oxygens (including phenoxy) is 1. The van der Waals surface area contributed by atoms with E-state index < -0.39 is 11.4 Å². The third-order valence-corrected chi connectivity index (χ3v) is 3.19. The van der Waals surface area contributed by atoms with E-state index in [4.69, 9.17) is 11.6 Å². The van der Waals surface area contributed by atoms with Crippen molar-refractivity contribution in [1.82, 2.24) is 0 Å². The number of halogens is 1. The third-order valence-electron chi connectivity index (χ3n) is 2.53. The highest BCUT2D eigenvalue weighted by Gasteiger charge is 2.30. The first-order valence-corrected chi connectivity index (χ1v) is 5.75. The molecule has 4 heteroatoms. The van der Waals surface area contributed by atoms with Gasteiger partial charge in [0.2, 0.25) is 0 Å². The number of hydrogen-bond acceptors (Lipinski definition) is 3. The lowest BCUT2D eigenvalue weighted by atomic mass is 9.84. The zero-order valence-electron chi connectivity index (χ0n) is 10.1. The lowest BCUT2D eigenvalue weighted by Crippen LogP contribution is -2.27. The summed E-state index contributed by atoms with van der Waals surface area (Å²) >= 11 is 5.77. The second-order valence-corrected chi connectivity index (χ2v) is 4.65. The number of ketones is 1. The van der Waals surface area contributed by atoms with Crippen LogP contribution in [0.4, 0.5) is 0 Å².